The summed E-state index contributed by atoms with van der Waals surface area (Å²) < 4.78 is 5.44. The van der Waals surface area contributed by atoms with Crippen molar-refractivity contribution in [3.8, 4) is 0 Å². The molecular weight excluding hydrogens is 470 g/mol. The van der Waals surface area contributed by atoms with Crippen LogP contribution in [-0.4, -0.2) is 40.8 Å². The van der Waals surface area contributed by atoms with Crippen molar-refractivity contribution >= 4 is 11.9 Å². The molecule has 5 rings (SSSR count). The summed E-state index contributed by atoms with van der Waals surface area (Å²) in [5, 5.41) is 11.8. The number of esters is 1. The van der Waals surface area contributed by atoms with Gasteiger partial charge in [-0.25, -0.2) is 4.89 Å². The van der Waals surface area contributed by atoms with Gasteiger partial charge in [0.05, 0.1) is 13.2 Å². The lowest BCUT2D eigenvalue weighted by molar-refractivity contribution is -0.497. The van der Waals surface area contributed by atoms with Crippen LogP contribution < -0.4 is 0 Å². The number of nitrogens with zero attached hydrogens (tertiary/aromatic N) is 1. The first-order chi connectivity index (χ1) is 17.7. The van der Waals surface area contributed by atoms with Crippen molar-refractivity contribution < 1.29 is 29.2 Å². The van der Waals surface area contributed by atoms with E-state index in [0.29, 0.717) is 11.1 Å². The van der Waals surface area contributed by atoms with Crippen molar-refractivity contribution in [1.29, 1.82) is 0 Å². The molecule has 0 bridgehead atoms. The van der Waals surface area contributed by atoms with Gasteiger partial charge in [-0.05, 0) is 37.5 Å². The van der Waals surface area contributed by atoms with Gasteiger partial charge in [0.1, 0.15) is 0 Å². The standard InChI is InChI=1S/C30H31NO6/c1-4-35-27(33)28-19-29(24-14-10-21(2)11-15-24,25-16-12-22(3)13-17-25)36-37-30(28,34)20-31(26(28)32)18-23-8-6-5-7-9-23/h5-17,34H,4,18-20H2,1-3H3. The molecule has 2 heterocycles. The first-order valence-corrected chi connectivity index (χ1v) is 12.5. The summed E-state index contributed by atoms with van der Waals surface area (Å²) in [5.74, 6) is -3.61. The van der Waals surface area contributed by atoms with Crippen LogP contribution in [0.2, 0.25) is 0 Å². The Labute approximate surface area is 216 Å². The molecule has 192 valence electrons. The van der Waals surface area contributed by atoms with Crippen molar-refractivity contribution in [3.05, 3.63) is 107 Å². The number of hydrogen-bond acceptors (Lipinski definition) is 6. The van der Waals surface area contributed by atoms with E-state index in [1.165, 1.54) is 4.90 Å². The summed E-state index contributed by atoms with van der Waals surface area (Å²) in [5.41, 5.74) is 0.958. The van der Waals surface area contributed by atoms with Crippen LogP contribution >= 0.6 is 0 Å². The van der Waals surface area contributed by atoms with E-state index in [9.17, 15) is 14.7 Å². The number of benzene rings is 3. The highest BCUT2D eigenvalue weighted by Gasteiger charge is 2.76. The predicted molar refractivity (Wildman–Crippen MR) is 136 cm³/mol. The second-order valence-corrected chi connectivity index (χ2v) is 9.96. The van der Waals surface area contributed by atoms with E-state index in [-0.39, 0.29) is 26.1 Å². The van der Waals surface area contributed by atoms with Gasteiger partial charge in [-0.15, -0.1) is 0 Å². The van der Waals surface area contributed by atoms with Crippen molar-refractivity contribution in [3.63, 3.8) is 0 Å². The van der Waals surface area contributed by atoms with Gasteiger partial charge in [-0.1, -0.05) is 90.0 Å². The molecule has 2 fully saturated rings. The molecule has 3 aromatic rings. The second kappa shape index (κ2) is 9.41. The molecule has 2 aliphatic heterocycles. The smallest absolute Gasteiger partial charge is 0.327 e. The van der Waals surface area contributed by atoms with Gasteiger partial charge in [0.25, 0.3) is 0 Å². The van der Waals surface area contributed by atoms with Crippen LogP contribution in [0, 0.1) is 19.3 Å². The second-order valence-electron chi connectivity index (χ2n) is 9.96. The van der Waals surface area contributed by atoms with Crippen LogP contribution in [-0.2, 0) is 36.2 Å². The molecule has 0 radical (unpaired) electrons. The monoisotopic (exact) mass is 501 g/mol. The van der Waals surface area contributed by atoms with Gasteiger partial charge < -0.3 is 14.7 Å². The molecule has 0 aliphatic carbocycles. The lowest BCUT2D eigenvalue weighted by Crippen LogP contribution is -2.64. The molecule has 2 atom stereocenters. The maximum absolute atomic E-state index is 14.2. The number of fused-ring (bicyclic) bond motifs is 1. The topological polar surface area (TPSA) is 85.3 Å². The average molecular weight is 502 g/mol. The molecule has 0 aromatic heterocycles. The van der Waals surface area contributed by atoms with Crippen LogP contribution in [0.5, 0.6) is 0 Å². The summed E-state index contributed by atoms with van der Waals surface area (Å²) in [6.45, 7) is 5.63. The number of aryl methyl sites for hydroxylation is 2. The fourth-order valence-electron chi connectivity index (χ4n) is 5.37. The van der Waals surface area contributed by atoms with E-state index >= 15 is 0 Å². The van der Waals surface area contributed by atoms with Crippen LogP contribution in [0.15, 0.2) is 78.9 Å². The van der Waals surface area contributed by atoms with Gasteiger partial charge >= 0.3 is 5.97 Å². The van der Waals surface area contributed by atoms with Gasteiger partial charge in [0.2, 0.25) is 17.1 Å². The van der Waals surface area contributed by atoms with Crippen molar-refractivity contribution in [2.45, 2.75) is 45.1 Å². The van der Waals surface area contributed by atoms with E-state index in [2.05, 4.69) is 0 Å². The van der Waals surface area contributed by atoms with Crippen LogP contribution in [0.1, 0.15) is 41.2 Å². The van der Waals surface area contributed by atoms with E-state index < -0.39 is 28.7 Å². The fourth-order valence-corrected chi connectivity index (χ4v) is 5.37. The summed E-state index contributed by atoms with van der Waals surface area (Å²) in [7, 11) is 0. The number of likely N-dealkylation sites (tertiary alicyclic amines) is 1. The number of carbonyl (C=O) groups is 2. The Hall–Kier alpha value is -3.52. The normalized spacial score (nSPS) is 24.5. The van der Waals surface area contributed by atoms with Crippen LogP contribution in [0.25, 0.3) is 0 Å². The zero-order chi connectivity index (χ0) is 26.3. The van der Waals surface area contributed by atoms with Crippen LogP contribution in [0.3, 0.4) is 0 Å². The molecular formula is C30H31NO6. The molecule has 7 heteroatoms. The molecule has 2 aliphatic rings. The average Bonchev–Trinajstić information content (AvgIpc) is 3.12. The minimum atomic E-state index is -2.23. The fraction of sp³-hybridized carbons (Fsp3) is 0.333. The van der Waals surface area contributed by atoms with E-state index in [4.69, 9.17) is 14.5 Å². The maximum atomic E-state index is 14.2. The number of hydrogen-bond donors (Lipinski definition) is 1. The highest BCUT2D eigenvalue weighted by atomic mass is 17.2. The summed E-state index contributed by atoms with van der Waals surface area (Å²) in [4.78, 5) is 41.2. The van der Waals surface area contributed by atoms with Crippen molar-refractivity contribution in [2.24, 2.45) is 5.41 Å². The number of aliphatic hydroxyl groups is 1. The number of β-amino-alcohol motifs (C(OH)–C–C–N with tert-alkyl or cyclic N) is 1. The number of rotatable bonds is 6. The van der Waals surface area contributed by atoms with E-state index in [1.807, 2.05) is 92.7 Å². The third kappa shape index (κ3) is 4.03. The Morgan fingerprint density at radius 1 is 0.919 bits per heavy atom. The van der Waals surface area contributed by atoms with Gasteiger partial charge in [0.15, 0.2) is 5.60 Å². The maximum Gasteiger partial charge on any atom is 0.327 e. The molecule has 7 nitrogen and oxygen atoms in total. The van der Waals surface area contributed by atoms with Crippen LogP contribution in [0.4, 0.5) is 0 Å². The lowest BCUT2D eigenvalue weighted by Gasteiger charge is -2.48. The minimum absolute atomic E-state index is 0.0472. The highest BCUT2D eigenvalue weighted by molar-refractivity contribution is 6.06. The molecule has 1 amide bonds. The lowest BCUT2D eigenvalue weighted by atomic mass is 9.67. The Kier molecular flexibility index (Phi) is 6.40. The third-order valence-corrected chi connectivity index (χ3v) is 7.44. The number of ether oxygens (including phenoxy) is 1. The molecule has 1 N–H and O–H groups in total. The summed E-state index contributed by atoms with van der Waals surface area (Å²) in [6, 6.07) is 24.7. The SMILES string of the molecule is CCOC(=O)C12CC(c3ccc(C)cc3)(c3ccc(C)cc3)OOC1(O)CN(Cc1ccccc1)C2=O. The minimum Gasteiger partial charge on any atom is -0.465 e. The Bertz CT molecular complexity index is 1240. The Morgan fingerprint density at radius 3 is 2.03 bits per heavy atom. The molecule has 0 saturated carbocycles. The molecule has 37 heavy (non-hydrogen) atoms. The van der Waals surface area contributed by atoms with Gasteiger partial charge in [-0.3, -0.25) is 9.59 Å². The Balaban J connectivity index is 1.66. The molecule has 2 saturated heterocycles. The number of amides is 1. The zero-order valence-corrected chi connectivity index (χ0v) is 21.3. The quantitative estimate of drug-likeness (QED) is 0.310. The Morgan fingerprint density at radius 2 is 1.49 bits per heavy atom. The number of carbonyl (C=O) groups excluding carboxylic acids is 2. The van der Waals surface area contributed by atoms with Gasteiger partial charge in [0, 0.05) is 13.0 Å². The van der Waals surface area contributed by atoms with Gasteiger partial charge in [-0.2, -0.15) is 4.89 Å². The predicted octanol–water partition coefficient (Wildman–Crippen LogP) is 4.18. The summed E-state index contributed by atoms with van der Waals surface area (Å²) in [6.07, 6.45) is -0.189. The van der Waals surface area contributed by atoms with E-state index in [1.54, 1.807) is 6.92 Å². The first kappa shape index (κ1) is 25.1. The summed E-state index contributed by atoms with van der Waals surface area (Å²) >= 11 is 0. The molecule has 0 spiro atoms. The zero-order valence-electron chi connectivity index (χ0n) is 21.3. The van der Waals surface area contributed by atoms with E-state index in [0.717, 1.165) is 16.7 Å². The molecule has 2 unspecified atom stereocenters. The third-order valence-electron chi connectivity index (χ3n) is 7.44. The van der Waals surface area contributed by atoms with Crippen molar-refractivity contribution in [1.82, 2.24) is 4.90 Å². The van der Waals surface area contributed by atoms with Crippen molar-refractivity contribution in [2.75, 3.05) is 13.2 Å². The highest BCUT2D eigenvalue weighted by Crippen LogP contribution is 2.57. The largest absolute Gasteiger partial charge is 0.465 e. The molecule has 3 aromatic carbocycles. The first-order valence-electron chi connectivity index (χ1n) is 12.5.